The second kappa shape index (κ2) is 4.63. The van der Waals surface area contributed by atoms with E-state index in [0.717, 1.165) is 18.4 Å². The Bertz CT molecular complexity index is 457. The van der Waals surface area contributed by atoms with Crippen LogP contribution in [0.15, 0.2) is 18.2 Å². The molecule has 0 fully saturated rings. The Hall–Kier alpha value is -1.51. The summed E-state index contributed by atoms with van der Waals surface area (Å²) in [5, 5.41) is 9.52. The second-order valence-electron chi connectivity index (χ2n) is 5.91. The van der Waals surface area contributed by atoms with Crippen molar-refractivity contribution in [2.24, 2.45) is 0 Å². The van der Waals surface area contributed by atoms with Crippen LogP contribution in [0.2, 0.25) is 0 Å². The summed E-state index contributed by atoms with van der Waals surface area (Å²) in [6.07, 6.45) is 2.33. The molecule has 0 bridgehead atoms. The highest BCUT2D eigenvalue weighted by Crippen LogP contribution is 2.37. The normalized spacial score (nSPS) is 18.5. The van der Waals surface area contributed by atoms with Crippen LogP contribution in [0.1, 0.15) is 50.7 Å². The van der Waals surface area contributed by atoms with Gasteiger partial charge in [-0.3, -0.25) is 4.79 Å². The number of phenolic OH excluding ortho intramolecular Hbond substituents is 1. The van der Waals surface area contributed by atoms with Gasteiger partial charge in [-0.15, -0.1) is 0 Å². The SMILES string of the molecule is CC(C)(C)OC(=O)C[C@H]1CCc2ccc(O)cc21. The average molecular weight is 248 g/mol. The molecule has 0 aromatic heterocycles. The molecule has 98 valence electrons. The molecule has 1 aliphatic rings. The number of aryl methyl sites for hydroxylation is 1. The van der Waals surface area contributed by atoms with Crippen LogP contribution < -0.4 is 0 Å². The Labute approximate surface area is 108 Å². The predicted molar refractivity (Wildman–Crippen MR) is 69.6 cm³/mol. The van der Waals surface area contributed by atoms with E-state index in [1.54, 1.807) is 12.1 Å². The van der Waals surface area contributed by atoms with Crippen molar-refractivity contribution in [3.8, 4) is 5.75 Å². The van der Waals surface area contributed by atoms with Gasteiger partial charge in [0.05, 0.1) is 6.42 Å². The van der Waals surface area contributed by atoms with E-state index in [1.165, 1.54) is 5.56 Å². The average Bonchev–Trinajstić information content (AvgIpc) is 2.58. The van der Waals surface area contributed by atoms with Gasteiger partial charge in [-0.1, -0.05) is 6.07 Å². The number of rotatable bonds is 2. The van der Waals surface area contributed by atoms with Gasteiger partial charge in [-0.05, 0) is 62.8 Å². The molecule has 0 radical (unpaired) electrons. The number of hydrogen-bond acceptors (Lipinski definition) is 3. The lowest BCUT2D eigenvalue weighted by atomic mass is 9.97. The molecule has 2 rings (SSSR count). The summed E-state index contributed by atoms with van der Waals surface area (Å²) in [6, 6.07) is 5.42. The van der Waals surface area contributed by atoms with Crippen LogP contribution in [0, 0.1) is 0 Å². The molecule has 0 amide bonds. The number of hydrogen-bond donors (Lipinski definition) is 1. The van der Waals surface area contributed by atoms with E-state index in [2.05, 4.69) is 0 Å². The largest absolute Gasteiger partial charge is 0.508 e. The van der Waals surface area contributed by atoms with Gasteiger partial charge in [0, 0.05) is 0 Å². The number of esters is 1. The van der Waals surface area contributed by atoms with Gasteiger partial charge in [-0.2, -0.15) is 0 Å². The summed E-state index contributed by atoms with van der Waals surface area (Å²) in [5.74, 6) is 0.287. The first kappa shape index (κ1) is 12.9. The van der Waals surface area contributed by atoms with Gasteiger partial charge in [0.25, 0.3) is 0 Å². The molecular weight excluding hydrogens is 228 g/mol. The number of benzene rings is 1. The molecule has 0 unspecified atom stereocenters. The fraction of sp³-hybridized carbons (Fsp3) is 0.533. The smallest absolute Gasteiger partial charge is 0.306 e. The van der Waals surface area contributed by atoms with Crippen molar-refractivity contribution >= 4 is 5.97 Å². The van der Waals surface area contributed by atoms with Gasteiger partial charge in [-0.25, -0.2) is 0 Å². The van der Waals surface area contributed by atoms with E-state index in [0.29, 0.717) is 6.42 Å². The lowest BCUT2D eigenvalue weighted by molar-refractivity contribution is -0.155. The van der Waals surface area contributed by atoms with E-state index in [1.807, 2.05) is 26.8 Å². The molecule has 0 saturated heterocycles. The van der Waals surface area contributed by atoms with Gasteiger partial charge < -0.3 is 9.84 Å². The van der Waals surface area contributed by atoms with Crippen molar-refractivity contribution in [1.82, 2.24) is 0 Å². The van der Waals surface area contributed by atoms with E-state index in [9.17, 15) is 9.90 Å². The van der Waals surface area contributed by atoms with Crippen molar-refractivity contribution in [3.05, 3.63) is 29.3 Å². The minimum Gasteiger partial charge on any atom is -0.508 e. The molecular formula is C15H20O3. The molecule has 1 aromatic rings. The van der Waals surface area contributed by atoms with Crippen molar-refractivity contribution in [1.29, 1.82) is 0 Å². The number of aromatic hydroxyl groups is 1. The van der Waals surface area contributed by atoms with Crippen LogP contribution in [-0.2, 0) is 16.0 Å². The number of phenols is 1. The van der Waals surface area contributed by atoms with Crippen molar-refractivity contribution < 1.29 is 14.6 Å². The van der Waals surface area contributed by atoms with Crippen molar-refractivity contribution in [2.75, 3.05) is 0 Å². The number of fused-ring (bicyclic) bond motifs is 1. The van der Waals surface area contributed by atoms with Crippen LogP contribution in [0.3, 0.4) is 0 Å². The summed E-state index contributed by atoms with van der Waals surface area (Å²) in [7, 11) is 0. The number of ether oxygens (including phenoxy) is 1. The van der Waals surface area contributed by atoms with Crippen LogP contribution in [0.4, 0.5) is 0 Å². The molecule has 1 aliphatic carbocycles. The van der Waals surface area contributed by atoms with E-state index >= 15 is 0 Å². The first-order valence-electron chi connectivity index (χ1n) is 6.39. The highest BCUT2D eigenvalue weighted by atomic mass is 16.6. The maximum Gasteiger partial charge on any atom is 0.306 e. The van der Waals surface area contributed by atoms with E-state index in [4.69, 9.17) is 4.74 Å². The Kier molecular flexibility index (Phi) is 3.33. The lowest BCUT2D eigenvalue weighted by Crippen LogP contribution is -2.24. The van der Waals surface area contributed by atoms with Crippen LogP contribution >= 0.6 is 0 Å². The van der Waals surface area contributed by atoms with Crippen LogP contribution in [0.25, 0.3) is 0 Å². The third-order valence-corrected chi connectivity index (χ3v) is 3.16. The maximum absolute atomic E-state index is 11.8. The van der Waals surface area contributed by atoms with Crippen LogP contribution in [-0.4, -0.2) is 16.7 Å². The monoisotopic (exact) mass is 248 g/mol. The van der Waals surface area contributed by atoms with E-state index < -0.39 is 5.60 Å². The molecule has 1 aromatic carbocycles. The Morgan fingerprint density at radius 3 is 2.83 bits per heavy atom. The minimum absolute atomic E-state index is 0.163. The van der Waals surface area contributed by atoms with E-state index in [-0.39, 0.29) is 17.6 Å². The summed E-state index contributed by atoms with van der Waals surface area (Å²) < 4.78 is 5.34. The molecule has 0 heterocycles. The summed E-state index contributed by atoms with van der Waals surface area (Å²) in [5.41, 5.74) is 1.90. The topological polar surface area (TPSA) is 46.5 Å². The fourth-order valence-electron chi connectivity index (χ4n) is 2.47. The zero-order chi connectivity index (χ0) is 13.3. The van der Waals surface area contributed by atoms with Crippen LogP contribution in [0.5, 0.6) is 5.75 Å². The standard InChI is InChI=1S/C15H20O3/c1-15(2,3)18-14(17)8-11-5-4-10-6-7-12(16)9-13(10)11/h6-7,9,11,16H,4-5,8H2,1-3H3/t11-/m1/s1. The summed E-state index contributed by atoms with van der Waals surface area (Å²) in [6.45, 7) is 5.62. The Balaban J connectivity index is 2.06. The predicted octanol–water partition coefficient (Wildman–Crippen LogP) is 3.15. The lowest BCUT2D eigenvalue weighted by Gasteiger charge is -2.21. The first-order chi connectivity index (χ1) is 8.35. The van der Waals surface area contributed by atoms with Crippen molar-refractivity contribution in [2.45, 2.75) is 51.6 Å². The maximum atomic E-state index is 11.8. The van der Waals surface area contributed by atoms with Gasteiger partial charge in [0.15, 0.2) is 0 Å². The number of carbonyl (C=O) groups excluding carboxylic acids is 1. The molecule has 0 aliphatic heterocycles. The molecule has 1 N–H and O–H groups in total. The van der Waals surface area contributed by atoms with Gasteiger partial charge >= 0.3 is 5.97 Å². The zero-order valence-corrected chi connectivity index (χ0v) is 11.2. The molecule has 0 saturated carbocycles. The number of carbonyl (C=O) groups is 1. The minimum atomic E-state index is -0.433. The van der Waals surface area contributed by atoms with Gasteiger partial charge in [0.2, 0.25) is 0 Å². The quantitative estimate of drug-likeness (QED) is 0.818. The molecule has 3 heteroatoms. The van der Waals surface area contributed by atoms with Crippen molar-refractivity contribution in [3.63, 3.8) is 0 Å². The Morgan fingerprint density at radius 2 is 2.17 bits per heavy atom. The third kappa shape index (κ3) is 3.03. The summed E-state index contributed by atoms with van der Waals surface area (Å²) >= 11 is 0. The highest BCUT2D eigenvalue weighted by Gasteiger charge is 2.27. The second-order valence-corrected chi connectivity index (χ2v) is 5.91. The van der Waals surface area contributed by atoms with Gasteiger partial charge in [0.1, 0.15) is 11.4 Å². The summed E-state index contributed by atoms with van der Waals surface area (Å²) in [4.78, 5) is 11.8. The fourth-order valence-corrected chi connectivity index (χ4v) is 2.47. The first-order valence-corrected chi connectivity index (χ1v) is 6.39. The molecule has 0 spiro atoms. The molecule has 1 atom stereocenters. The highest BCUT2D eigenvalue weighted by molar-refractivity contribution is 5.71. The third-order valence-electron chi connectivity index (χ3n) is 3.16. The Morgan fingerprint density at radius 1 is 1.44 bits per heavy atom. The molecule has 3 nitrogen and oxygen atoms in total. The molecule has 18 heavy (non-hydrogen) atoms. The zero-order valence-electron chi connectivity index (χ0n) is 11.2.